The maximum absolute atomic E-state index is 10.6. The van der Waals surface area contributed by atoms with Crippen molar-refractivity contribution in [2.24, 2.45) is 5.73 Å². The Balaban J connectivity index is 2.84. The summed E-state index contributed by atoms with van der Waals surface area (Å²) in [5.41, 5.74) is 10.6. The number of nitrogens with one attached hydrogen (secondary N) is 1. The van der Waals surface area contributed by atoms with Crippen LogP contribution < -0.4 is 16.8 Å². The van der Waals surface area contributed by atoms with E-state index < -0.39 is 5.91 Å². The van der Waals surface area contributed by atoms with Crippen LogP contribution in [0.1, 0.15) is 25.6 Å². The molecule has 0 radical (unpaired) electrons. The molecule has 1 rings (SSSR count). The van der Waals surface area contributed by atoms with Crippen LogP contribution in [0.15, 0.2) is 6.07 Å². The van der Waals surface area contributed by atoms with Crippen LogP contribution in [-0.2, 0) is 4.79 Å². The van der Waals surface area contributed by atoms with E-state index in [0.717, 1.165) is 0 Å². The van der Waals surface area contributed by atoms with Gasteiger partial charge in [0.15, 0.2) is 0 Å². The smallest absolute Gasteiger partial charge is 0.236 e. The lowest BCUT2D eigenvalue weighted by atomic mass is 10.2. The number of nitrogens with two attached hydrogens (primary N) is 2. The molecule has 1 aromatic rings. The van der Waals surface area contributed by atoms with Gasteiger partial charge in [0, 0.05) is 12.0 Å². The summed E-state index contributed by atoms with van der Waals surface area (Å²) in [4.78, 5) is 18.8. The summed E-state index contributed by atoms with van der Waals surface area (Å²) in [5, 5.41) is 2.77. The lowest BCUT2D eigenvalue weighted by Crippen LogP contribution is -2.22. The van der Waals surface area contributed by atoms with Crippen LogP contribution in [0.2, 0.25) is 0 Å². The molecule has 1 heterocycles. The highest BCUT2D eigenvalue weighted by atomic mass is 16.1. The molecule has 6 heteroatoms. The molecule has 0 fully saturated rings. The topological polar surface area (TPSA) is 107 Å². The number of carbonyl (C=O) groups excluding carboxylic acids is 1. The van der Waals surface area contributed by atoms with Gasteiger partial charge in [-0.3, -0.25) is 4.79 Å². The molecule has 15 heavy (non-hydrogen) atoms. The molecule has 1 amide bonds. The fourth-order valence-electron chi connectivity index (χ4n) is 1.01. The fraction of sp³-hybridized carbons (Fsp3) is 0.444. The predicted octanol–water partition coefficient (Wildman–Crippen LogP) is 0.0794. The predicted molar refractivity (Wildman–Crippen MR) is 58.2 cm³/mol. The van der Waals surface area contributed by atoms with Crippen molar-refractivity contribution in [1.29, 1.82) is 0 Å². The molecule has 0 aliphatic heterocycles. The Labute approximate surface area is 88.1 Å². The minimum atomic E-state index is -0.446. The molecule has 0 spiro atoms. The van der Waals surface area contributed by atoms with Gasteiger partial charge < -0.3 is 16.8 Å². The number of rotatable bonds is 4. The zero-order valence-corrected chi connectivity index (χ0v) is 8.82. The zero-order valence-electron chi connectivity index (χ0n) is 8.82. The van der Waals surface area contributed by atoms with E-state index in [1.54, 1.807) is 6.07 Å². The number of hydrogen-bond donors (Lipinski definition) is 3. The van der Waals surface area contributed by atoms with Crippen molar-refractivity contribution in [3.63, 3.8) is 0 Å². The van der Waals surface area contributed by atoms with Crippen molar-refractivity contribution >= 4 is 17.5 Å². The number of nitrogens with zero attached hydrogens (tertiary/aromatic N) is 2. The lowest BCUT2D eigenvalue weighted by Gasteiger charge is -2.08. The van der Waals surface area contributed by atoms with Crippen molar-refractivity contribution in [2.45, 2.75) is 19.8 Å². The summed E-state index contributed by atoms with van der Waals surface area (Å²) >= 11 is 0. The van der Waals surface area contributed by atoms with Gasteiger partial charge in [-0.15, -0.1) is 0 Å². The Morgan fingerprint density at radius 3 is 2.73 bits per heavy atom. The number of carbonyl (C=O) groups is 1. The van der Waals surface area contributed by atoms with Crippen LogP contribution in [0.4, 0.5) is 11.6 Å². The fourth-order valence-corrected chi connectivity index (χ4v) is 1.01. The second-order valence-electron chi connectivity index (χ2n) is 3.51. The molecule has 5 N–H and O–H groups in total. The molecule has 0 bridgehead atoms. The van der Waals surface area contributed by atoms with E-state index in [4.69, 9.17) is 11.5 Å². The summed E-state index contributed by atoms with van der Waals surface area (Å²) in [6, 6.07) is 1.56. The minimum absolute atomic E-state index is 0.0357. The van der Waals surface area contributed by atoms with Crippen molar-refractivity contribution in [2.75, 3.05) is 17.6 Å². The maximum atomic E-state index is 10.6. The first-order valence-corrected chi connectivity index (χ1v) is 4.65. The third-order valence-electron chi connectivity index (χ3n) is 1.72. The molecule has 0 aliphatic carbocycles. The summed E-state index contributed by atoms with van der Waals surface area (Å²) in [5.74, 6) is 1.27. The average Bonchev–Trinajstić information content (AvgIpc) is 2.13. The summed E-state index contributed by atoms with van der Waals surface area (Å²) in [6.45, 7) is 3.97. The largest absolute Gasteiger partial charge is 0.384 e. The molecule has 6 nitrogen and oxygen atoms in total. The molecule has 82 valence electrons. The van der Waals surface area contributed by atoms with Crippen molar-refractivity contribution in [3.05, 3.63) is 11.9 Å². The van der Waals surface area contributed by atoms with E-state index in [0.29, 0.717) is 17.5 Å². The summed E-state index contributed by atoms with van der Waals surface area (Å²) < 4.78 is 0. The second-order valence-corrected chi connectivity index (χ2v) is 3.51. The van der Waals surface area contributed by atoms with Crippen molar-refractivity contribution in [1.82, 2.24) is 9.97 Å². The normalized spacial score (nSPS) is 10.3. The van der Waals surface area contributed by atoms with E-state index in [2.05, 4.69) is 15.3 Å². The molecule has 1 aromatic heterocycles. The van der Waals surface area contributed by atoms with Gasteiger partial charge in [0.2, 0.25) is 5.91 Å². The third kappa shape index (κ3) is 3.41. The Bertz CT molecular complexity index is 364. The van der Waals surface area contributed by atoms with E-state index in [9.17, 15) is 4.79 Å². The molecule has 0 aliphatic rings. The summed E-state index contributed by atoms with van der Waals surface area (Å²) in [7, 11) is 0. The van der Waals surface area contributed by atoms with Crippen molar-refractivity contribution < 1.29 is 4.79 Å². The molecular weight excluding hydrogens is 194 g/mol. The van der Waals surface area contributed by atoms with Crippen LogP contribution >= 0.6 is 0 Å². The lowest BCUT2D eigenvalue weighted by molar-refractivity contribution is -0.116. The van der Waals surface area contributed by atoms with E-state index >= 15 is 0 Å². The minimum Gasteiger partial charge on any atom is -0.384 e. The quantitative estimate of drug-likeness (QED) is 0.651. The number of nitrogen functional groups attached to an aromatic ring is 1. The second kappa shape index (κ2) is 4.59. The highest BCUT2D eigenvalue weighted by molar-refractivity contribution is 5.78. The van der Waals surface area contributed by atoms with Crippen LogP contribution in [0, 0.1) is 0 Å². The van der Waals surface area contributed by atoms with Gasteiger partial charge in [-0.05, 0) is 0 Å². The zero-order chi connectivity index (χ0) is 11.4. The maximum Gasteiger partial charge on any atom is 0.236 e. The Kier molecular flexibility index (Phi) is 3.43. The highest BCUT2D eigenvalue weighted by Gasteiger charge is 2.06. The van der Waals surface area contributed by atoms with Crippen LogP contribution in [0.5, 0.6) is 0 Å². The van der Waals surface area contributed by atoms with Gasteiger partial charge in [-0.2, -0.15) is 0 Å². The van der Waals surface area contributed by atoms with E-state index in [1.807, 2.05) is 13.8 Å². The van der Waals surface area contributed by atoms with E-state index in [-0.39, 0.29) is 12.5 Å². The molecule has 0 unspecified atom stereocenters. The molecule has 0 atom stereocenters. The number of amides is 1. The Hall–Kier alpha value is -1.85. The van der Waals surface area contributed by atoms with Gasteiger partial charge >= 0.3 is 0 Å². The SMILES string of the molecule is CC(C)c1nc(N)cc(NCC(N)=O)n1. The first-order chi connectivity index (χ1) is 6.99. The van der Waals surface area contributed by atoms with Gasteiger partial charge in [0.05, 0.1) is 6.54 Å². The van der Waals surface area contributed by atoms with Crippen LogP contribution in [0.3, 0.4) is 0 Å². The molecular formula is C9H15N5O. The standard InChI is InChI=1S/C9H15N5O/c1-5(2)9-13-6(10)3-8(14-9)12-4-7(11)15/h3,5H,4H2,1-2H3,(H2,11,15)(H3,10,12,13,14). The monoisotopic (exact) mass is 209 g/mol. The Morgan fingerprint density at radius 1 is 1.53 bits per heavy atom. The number of anilines is 2. The molecule has 0 saturated carbocycles. The highest BCUT2D eigenvalue weighted by Crippen LogP contribution is 2.14. The number of primary amides is 1. The first kappa shape index (κ1) is 11.2. The number of aromatic nitrogens is 2. The van der Waals surface area contributed by atoms with Gasteiger partial charge in [0.25, 0.3) is 0 Å². The van der Waals surface area contributed by atoms with Gasteiger partial charge in [-0.1, -0.05) is 13.8 Å². The first-order valence-electron chi connectivity index (χ1n) is 4.65. The van der Waals surface area contributed by atoms with Crippen LogP contribution in [-0.4, -0.2) is 22.4 Å². The Morgan fingerprint density at radius 2 is 2.20 bits per heavy atom. The third-order valence-corrected chi connectivity index (χ3v) is 1.72. The van der Waals surface area contributed by atoms with Crippen molar-refractivity contribution in [3.8, 4) is 0 Å². The van der Waals surface area contributed by atoms with Crippen LogP contribution in [0.25, 0.3) is 0 Å². The van der Waals surface area contributed by atoms with Gasteiger partial charge in [-0.25, -0.2) is 9.97 Å². The van der Waals surface area contributed by atoms with Gasteiger partial charge in [0.1, 0.15) is 17.5 Å². The number of hydrogen-bond acceptors (Lipinski definition) is 5. The molecule has 0 aromatic carbocycles. The molecule has 0 saturated heterocycles. The van der Waals surface area contributed by atoms with E-state index in [1.165, 1.54) is 0 Å². The average molecular weight is 209 g/mol. The summed E-state index contributed by atoms with van der Waals surface area (Å²) in [6.07, 6.45) is 0.